The highest BCUT2D eigenvalue weighted by Gasteiger charge is 2.19. The number of hydrogen-bond acceptors (Lipinski definition) is 3. The zero-order chi connectivity index (χ0) is 13.0. The van der Waals surface area contributed by atoms with Crippen molar-refractivity contribution < 1.29 is 0 Å². The van der Waals surface area contributed by atoms with Crippen LogP contribution in [0.5, 0.6) is 0 Å². The van der Waals surface area contributed by atoms with Gasteiger partial charge in [-0.15, -0.1) is 0 Å². The van der Waals surface area contributed by atoms with Gasteiger partial charge in [0.05, 0.1) is 5.69 Å². The molecule has 1 atom stereocenters. The molecule has 1 aromatic rings. The molecule has 1 aromatic heterocycles. The average Bonchev–Trinajstić information content (AvgIpc) is 2.89. The second-order valence-electron chi connectivity index (χ2n) is 5.47. The summed E-state index contributed by atoms with van der Waals surface area (Å²) in [6.45, 7) is 9.07. The second kappa shape index (κ2) is 6.07. The smallest absolute Gasteiger partial charge is 0.151 e. The lowest BCUT2D eigenvalue weighted by Crippen LogP contribution is -2.27. The summed E-state index contributed by atoms with van der Waals surface area (Å²) in [5.74, 6) is 1.77. The highest BCUT2D eigenvalue weighted by atomic mass is 15.2. The predicted octanol–water partition coefficient (Wildman–Crippen LogP) is 3.53. The molecule has 1 saturated heterocycles. The van der Waals surface area contributed by atoms with Crippen molar-refractivity contribution in [2.45, 2.75) is 46.1 Å². The molecule has 3 heteroatoms. The molecule has 0 saturated carbocycles. The maximum Gasteiger partial charge on any atom is 0.151 e. The summed E-state index contributed by atoms with van der Waals surface area (Å²) in [6.07, 6.45) is 5.62. The van der Waals surface area contributed by atoms with E-state index < -0.39 is 0 Å². The largest absolute Gasteiger partial charge is 0.379 e. The van der Waals surface area contributed by atoms with Crippen LogP contribution in [0.15, 0.2) is 18.3 Å². The van der Waals surface area contributed by atoms with Crippen LogP contribution in [0.2, 0.25) is 0 Å². The van der Waals surface area contributed by atoms with E-state index in [4.69, 9.17) is 0 Å². The summed E-state index contributed by atoms with van der Waals surface area (Å²) in [4.78, 5) is 6.97. The van der Waals surface area contributed by atoms with Gasteiger partial charge >= 0.3 is 0 Å². The summed E-state index contributed by atoms with van der Waals surface area (Å²) < 4.78 is 0. The molecule has 0 aromatic carbocycles. The first-order valence-corrected chi connectivity index (χ1v) is 7.19. The molecule has 0 amide bonds. The summed E-state index contributed by atoms with van der Waals surface area (Å²) in [6, 6.07) is 4.70. The fourth-order valence-electron chi connectivity index (χ4n) is 2.63. The van der Waals surface area contributed by atoms with Crippen LogP contribution in [0.1, 0.15) is 40.0 Å². The van der Waals surface area contributed by atoms with Crippen molar-refractivity contribution in [2.75, 3.05) is 23.3 Å². The fourth-order valence-corrected chi connectivity index (χ4v) is 2.63. The number of pyridine rings is 1. The number of nitrogens with one attached hydrogen (secondary N) is 1. The first kappa shape index (κ1) is 13.2. The molecule has 2 rings (SSSR count). The van der Waals surface area contributed by atoms with E-state index >= 15 is 0 Å². The third-order valence-electron chi connectivity index (χ3n) is 3.78. The molecular formula is C15H25N3. The van der Waals surface area contributed by atoms with Crippen molar-refractivity contribution in [3.8, 4) is 0 Å². The Balaban J connectivity index is 2.16. The van der Waals surface area contributed by atoms with E-state index in [2.05, 4.69) is 42.0 Å². The maximum absolute atomic E-state index is 4.57. The lowest BCUT2D eigenvalue weighted by Gasteiger charge is -2.26. The van der Waals surface area contributed by atoms with Crippen molar-refractivity contribution in [1.29, 1.82) is 0 Å². The number of anilines is 2. The Morgan fingerprint density at radius 3 is 2.67 bits per heavy atom. The molecule has 1 aliphatic heterocycles. The van der Waals surface area contributed by atoms with Crippen LogP contribution in [-0.4, -0.2) is 24.1 Å². The normalized spacial score (nSPS) is 17.2. The zero-order valence-corrected chi connectivity index (χ0v) is 11.8. The minimum absolute atomic E-state index is 0.524. The Morgan fingerprint density at radius 2 is 2.06 bits per heavy atom. The molecule has 100 valence electrons. The van der Waals surface area contributed by atoms with Gasteiger partial charge in [0.15, 0.2) is 5.82 Å². The maximum atomic E-state index is 4.57. The molecule has 1 N–H and O–H groups in total. The van der Waals surface area contributed by atoms with Gasteiger partial charge in [0.2, 0.25) is 0 Å². The van der Waals surface area contributed by atoms with Crippen molar-refractivity contribution >= 4 is 11.5 Å². The van der Waals surface area contributed by atoms with Crippen LogP contribution in [0.25, 0.3) is 0 Å². The SMILES string of the molecule is CCC(Nc1cccnc1N1CCCC1)C(C)C. The van der Waals surface area contributed by atoms with Gasteiger partial charge in [-0.05, 0) is 37.3 Å². The number of rotatable bonds is 5. The van der Waals surface area contributed by atoms with Gasteiger partial charge in [-0.3, -0.25) is 0 Å². The van der Waals surface area contributed by atoms with Crippen LogP contribution in [-0.2, 0) is 0 Å². The standard InChI is InChI=1S/C15H25N3/c1-4-13(12(2)3)17-14-8-7-9-16-15(14)18-10-5-6-11-18/h7-9,12-13,17H,4-6,10-11H2,1-3H3. The highest BCUT2D eigenvalue weighted by Crippen LogP contribution is 2.27. The van der Waals surface area contributed by atoms with E-state index in [1.54, 1.807) is 0 Å². The topological polar surface area (TPSA) is 28.2 Å². The fraction of sp³-hybridized carbons (Fsp3) is 0.667. The molecule has 0 spiro atoms. The molecule has 0 aliphatic carbocycles. The van der Waals surface area contributed by atoms with Crippen molar-refractivity contribution in [3.63, 3.8) is 0 Å². The Bertz CT molecular complexity index is 370. The molecule has 0 radical (unpaired) electrons. The van der Waals surface area contributed by atoms with Gasteiger partial charge in [0.1, 0.15) is 0 Å². The van der Waals surface area contributed by atoms with Crippen LogP contribution in [0.3, 0.4) is 0 Å². The monoisotopic (exact) mass is 247 g/mol. The third-order valence-corrected chi connectivity index (χ3v) is 3.78. The van der Waals surface area contributed by atoms with Crippen LogP contribution < -0.4 is 10.2 Å². The lowest BCUT2D eigenvalue weighted by molar-refractivity contribution is 0.511. The molecule has 1 fully saturated rings. The van der Waals surface area contributed by atoms with Crippen molar-refractivity contribution in [1.82, 2.24) is 4.98 Å². The van der Waals surface area contributed by atoms with Crippen LogP contribution in [0, 0.1) is 5.92 Å². The molecule has 18 heavy (non-hydrogen) atoms. The van der Waals surface area contributed by atoms with E-state index in [0.717, 1.165) is 25.3 Å². The van der Waals surface area contributed by atoms with Crippen molar-refractivity contribution in [3.05, 3.63) is 18.3 Å². The van der Waals surface area contributed by atoms with Gasteiger partial charge in [0, 0.05) is 25.3 Å². The molecule has 1 aliphatic rings. The van der Waals surface area contributed by atoms with Crippen molar-refractivity contribution in [2.24, 2.45) is 5.92 Å². The van der Waals surface area contributed by atoms with Crippen LogP contribution >= 0.6 is 0 Å². The van der Waals surface area contributed by atoms with Gasteiger partial charge < -0.3 is 10.2 Å². The Hall–Kier alpha value is -1.25. The van der Waals surface area contributed by atoms with E-state index in [0.29, 0.717) is 12.0 Å². The Kier molecular flexibility index (Phi) is 4.45. The number of nitrogens with zero attached hydrogens (tertiary/aromatic N) is 2. The number of hydrogen-bond donors (Lipinski definition) is 1. The minimum Gasteiger partial charge on any atom is -0.379 e. The predicted molar refractivity (Wildman–Crippen MR) is 78.2 cm³/mol. The van der Waals surface area contributed by atoms with Gasteiger partial charge in [-0.2, -0.15) is 0 Å². The molecule has 2 heterocycles. The number of aromatic nitrogens is 1. The van der Waals surface area contributed by atoms with E-state index in [1.165, 1.54) is 18.5 Å². The van der Waals surface area contributed by atoms with E-state index in [9.17, 15) is 0 Å². The van der Waals surface area contributed by atoms with E-state index in [-0.39, 0.29) is 0 Å². The lowest BCUT2D eigenvalue weighted by atomic mass is 10.0. The first-order valence-electron chi connectivity index (χ1n) is 7.19. The second-order valence-corrected chi connectivity index (χ2v) is 5.47. The quantitative estimate of drug-likeness (QED) is 0.862. The Morgan fingerprint density at radius 1 is 1.33 bits per heavy atom. The zero-order valence-electron chi connectivity index (χ0n) is 11.8. The molecule has 3 nitrogen and oxygen atoms in total. The van der Waals surface area contributed by atoms with Gasteiger partial charge in [0.25, 0.3) is 0 Å². The van der Waals surface area contributed by atoms with Gasteiger partial charge in [-0.25, -0.2) is 4.98 Å². The first-order chi connectivity index (χ1) is 8.72. The summed E-state index contributed by atoms with van der Waals surface area (Å²) in [7, 11) is 0. The molecule has 1 unspecified atom stereocenters. The molecular weight excluding hydrogens is 222 g/mol. The highest BCUT2D eigenvalue weighted by molar-refractivity contribution is 5.66. The third kappa shape index (κ3) is 2.95. The van der Waals surface area contributed by atoms with Gasteiger partial charge in [-0.1, -0.05) is 20.8 Å². The summed E-state index contributed by atoms with van der Waals surface area (Å²) in [5.41, 5.74) is 1.19. The van der Waals surface area contributed by atoms with E-state index in [1.807, 2.05) is 12.3 Å². The molecule has 0 bridgehead atoms. The summed E-state index contributed by atoms with van der Waals surface area (Å²) in [5, 5.41) is 3.67. The summed E-state index contributed by atoms with van der Waals surface area (Å²) >= 11 is 0. The average molecular weight is 247 g/mol. The Labute approximate surface area is 111 Å². The minimum atomic E-state index is 0.524. The van der Waals surface area contributed by atoms with Crippen LogP contribution in [0.4, 0.5) is 11.5 Å².